The zero-order valence-electron chi connectivity index (χ0n) is 28.5. The Labute approximate surface area is 284 Å². The average Bonchev–Trinajstić information content (AvgIpc) is 3.74. The van der Waals surface area contributed by atoms with Crippen LogP contribution in [-0.2, 0) is 0 Å². The second kappa shape index (κ2) is 12.6. The topological polar surface area (TPSA) is 31.0 Å². The molecule has 3 nitrogen and oxygen atoms in total. The van der Waals surface area contributed by atoms with Crippen LogP contribution in [0, 0.1) is 0 Å². The lowest BCUT2D eigenvalue weighted by molar-refractivity contribution is 0.443. The standard InChI is InChI=1S/C45H44N2O/c1-29(2)37-18-13-19-38(30(3)4)43(37)47-41-21-12-11-20-40(41)46-45(47)36-26-35-28-42(34-16-9-6-10-17-34)48-44(35)39(27-36)33-24-22-32(23-25-33)31-14-7-5-8-15-31/h6,9-13,16-31H,5,7-8,14-15H2,1-4H3. The summed E-state index contributed by atoms with van der Waals surface area (Å²) in [5, 5.41) is 1.08. The van der Waals surface area contributed by atoms with Crippen LogP contribution < -0.4 is 0 Å². The molecule has 1 aliphatic rings. The zero-order valence-corrected chi connectivity index (χ0v) is 28.5. The molecular weight excluding hydrogens is 585 g/mol. The van der Waals surface area contributed by atoms with Gasteiger partial charge in [-0.05, 0) is 83.2 Å². The molecule has 1 aliphatic carbocycles. The number of hydrogen-bond donors (Lipinski definition) is 0. The van der Waals surface area contributed by atoms with Gasteiger partial charge >= 0.3 is 0 Å². The molecular formula is C45H44N2O. The van der Waals surface area contributed by atoms with Crippen LogP contribution >= 0.6 is 0 Å². The Bertz CT molecular complexity index is 2180. The molecule has 7 aromatic rings. The number of nitrogens with zero attached hydrogens (tertiary/aromatic N) is 2. The molecule has 0 bridgehead atoms. The fraction of sp³-hybridized carbons (Fsp3) is 0.267. The fourth-order valence-electron chi connectivity index (χ4n) is 7.83. The third kappa shape index (κ3) is 5.46. The molecule has 1 saturated carbocycles. The minimum absolute atomic E-state index is 0.357. The van der Waals surface area contributed by atoms with Crippen LogP contribution in [0.5, 0.6) is 0 Å². The Hall–Kier alpha value is -4.89. The van der Waals surface area contributed by atoms with E-state index in [1.165, 1.54) is 60.0 Å². The van der Waals surface area contributed by atoms with Gasteiger partial charge in [-0.1, -0.05) is 132 Å². The average molecular weight is 629 g/mol. The van der Waals surface area contributed by atoms with Gasteiger partial charge in [0.25, 0.3) is 0 Å². The van der Waals surface area contributed by atoms with Crippen LogP contribution in [0.4, 0.5) is 0 Å². The van der Waals surface area contributed by atoms with Crippen molar-refractivity contribution in [2.24, 2.45) is 0 Å². The van der Waals surface area contributed by atoms with E-state index in [1.807, 2.05) is 0 Å². The van der Waals surface area contributed by atoms with Crippen molar-refractivity contribution in [2.75, 3.05) is 0 Å². The van der Waals surface area contributed by atoms with Crippen LogP contribution in [0.15, 0.2) is 120 Å². The Morgan fingerprint density at radius 3 is 2.04 bits per heavy atom. The van der Waals surface area contributed by atoms with Crippen LogP contribution in [0.1, 0.15) is 94.2 Å². The lowest BCUT2D eigenvalue weighted by atomic mass is 9.83. The van der Waals surface area contributed by atoms with E-state index in [0.717, 1.165) is 50.3 Å². The SMILES string of the molecule is CC(C)c1cccc(C(C)C)c1-n1c(-c2cc(-c3ccc(C4CCCCC4)cc3)c3oc(-c4ccccc4)cc3c2)nc2ccccc21. The molecule has 48 heavy (non-hydrogen) atoms. The largest absolute Gasteiger partial charge is 0.455 e. The maximum Gasteiger partial charge on any atom is 0.145 e. The summed E-state index contributed by atoms with van der Waals surface area (Å²) >= 11 is 0. The molecule has 240 valence electrons. The Kier molecular flexibility index (Phi) is 8.00. The molecule has 0 radical (unpaired) electrons. The van der Waals surface area contributed by atoms with Crippen molar-refractivity contribution in [1.82, 2.24) is 9.55 Å². The summed E-state index contributed by atoms with van der Waals surface area (Å²) in [6, 6.07) is 41.9. The molecule has 0 N–H and O–H groups in total. The molecule has 3 heteroatoms. The Morgan fingerprint density at radius 2 is 1.33 bits per heavy atom. The van der Waals surface area contributed by atoms with Crippen LogP contribution in [0.25, 0.3) is 61.5 Å². The first-order chi connectivity index (χ1) is 23.5. The number of furan rings is 1. The van der Waals surface area contributed by atoms with E-state index >= 15 is 0 Å². The lowest BCUT2D eigenvalue weighted by Gasteiger charge is -2.23. The molecule has 0 spiro atoms. The summed E-state index contributed by atoms with van der Waals surface area (Å²) in [7, 11) is 0. The number of fused-ring (bicyclic) bond motifs is 2. The fourth-order valence-corrected chi connectivity index (χ4v) is 7.83. The number of para-hydroxylation sites is 3. The normalized spacial score (nSPS) is 14.1. The first-order valence-electron chi connectivity index (χ1n) is 17.8. The van der Waals surface area contributed by atoms with E-state index in [-0.39, 0.29) is 0 Å². The van der Waals surface area contributed by atoms with Crippen molar-refractivity contribution >= 4 is 22.0 Å². The maximum atomic E-state index is 6.72. The molecule has 8 rings (SSSR count). The highest BCUT2D eigenvalue weighted by Crippen LogP contribution is 2.42. The van der Waals surface area contributed by atoms with E-state index in [2.05, 4.69) is 148 Å². The molecule has 2 aromatic heterocycles. The molecule has 0 saturated heterocycles. The van der Waals surface area contributed by atoms with Crippen molar-refractivity contribution in [2.45, 2.75) is 77.6 Å². The molecule has 0 aliphatic heterocycles. The summed E-state index contributed by atoms with van der Waals surface area (Å²) in [6.07, 6.45) is 6.63. The predicted molar refractivity (Wildman–Crippen MR) is 201 cm³/mol. The van der Waals surface area contributed by atoms with Gasteiger partial charge in [0.05, 0.1) is 16.7 Å². The first-order valence-corrected chi connectivity index (χ1v) is 17.8. The minimum Gasteiger partial charge on any atom is -0.455 e. The summed E-state index contributed by atoms with van der Waals surface area (Å²) in [5.41, 5.74) is 12.8. The van der Waals surface area contributed by atoms with Crippen LogP contribution in [-0.4, -0.2) is 9.55 Å². The molecule has 2 heterocycles. The first kappa shape index (κ1) is 30.4. The van der Waals surface area contributed by atoms with E-state index in [0.29, 0.717) is 17.8 Å². The maximum absolute atomic E-state index is 6.72. The van der Waals surface area contributed by atoms with Gasteiger partial charge < -0.3 is 4.42 Å². The third-order valence-electron chi connectivity index (χ3n) is 10.4. The second-order valence-corrected chi connectivity index (χ2v) is 14.2. The number of imidazole rings is 1. The molecule has 1 fully saturated rings. The van der Waals surface area contributed by atoms with Crippen LogP contribution in [0.3, 0.4) is 0 Å². The molecule has 0 amide bonds. The number of rotatable bonds is 7. The zero-order chi connectivity index (χ0) is 32.8. The Balaban J connectivity index is 1.38. The summed E-state index contributed by atoms with van der Waals surface area (Å²) < 4.78 is 9.15. The number of aromatic nitrogens is 2. The van der Waals surface area contributed by atoms with E-state index in [4.69, 9.17) is 9.40 Å². The van der Waals surface area contributed by atoms with Gasteiger partial charge in [0.15, 0.2) is 0 Å². The van der Waals surface area contributed by atoms with E-state index in [9.17, 15) is 0 Å². The van der Waals surface area contributed by atoms with Gasteiger partial charge in [-0.3, -0.25) is 4.57 Å². The highest BCUT2D eigenvalue weighted by molar-refractivity contribution is 5.99. The quantitative estimate of drug-likeness (QED) is 0.176. The highest BCUT2D eigenvalue weighted by atomic mass is 16.3. The van der Waals surface area contributed by atoms with Crippen LogP contribution in [0.2, 0.25) is 0 Å². The highest BCUT2D eigenvalue weighted by Gasteiger charge is 2.24. The second-order valence-electron chi connectivity index (χ2n) is 14.2. The monoisotopic (exact) mass is 628 g/mol. The number of benzene rings is 5. The van der Waals surface area contributed by atoms with Crippen molar-refractivity contribution in [3.8, 4) is 39.5 Å². The Morgan fingerprint density at radius 1 is 0.646 bits per heavy atom. The van der Waals surface area contributed by atoms with Crippen molar-refractivity contribution in [1.29, 1.82) is 0 Å². The smallest absolute Gasteiger partial charge is 0.145 e. The van der Waals surface area contributed by atoms with Crippen molar-refractivity contribution in [3.63, 3.8) is 0 Å². The summed E-state index contributed by atoms with van der Waals surface area (Å²) in [6.45, 7) is 9.16. The van der Waals surface area contributed by atoms with Gasteiger partial charge in [0.1, 0.15) is 17.2 Å². The molecule has 5 aromatic carbocycles. The molecule has 0 unspecified atom stereocenters. The van der Waals surface area contributed by atoms with E-state index < -0.39 is 0 Å². The van der Waals surface area contributed by atoms with Gasteiger partial charge in [0.2, 0.25) is 0 Å². The van der Waals surface area contributed by atoms with Gasteiger partial charge in [-0.2, -0.15) is 0 Å². The van der Waals surface area contributed by atoms with Gasteiger partial charge in [0, 0.05) is 22.1 Å². The summed E-state index contributed by atoms with van der Waals surface area (Å²) in [4.78, 5) is 5.37. The van der Waals surface area contributed by atoms with E-state index in [1.54, 1.807) is 0 Å². The van der Waals surface area contributed by atoms with Crippen molar-refractivity contribution in [3.05, 3.63) is 132 Å². The lowest BCUT2D eigenvalue weighted by Crippen LogP contribution is -2.08. The van der Waals surface area contributed by atoms with Gasteiger partial charge in [-0.25, -0.2) is 4.98 Å². The third-order valence-corrected chi connectivity index (χ3v) is 10.4. The number of hydrogen-bond acceptors (Lipinski definition) is 2. The summed E-state index contributed by atoms with van der Waals surface area (Å²) in [5.74, 6) is 3.22. The van der Waals surface area contributed by atoms with Gasteiger partial charge in [-0.15, -0.1) is 0 Å². The predicted octanol–water partition coefficient (Wildman–Crippen LogP) is 13.1. The van der Waals surface area contributed by atoms with Crippen molar-refractivity contribution < 1.29 is 4.42 Å². The minimum atomic E-state index is 0.357. The molecule has 0 atom stereocenters.